The maximum absolute atomic E-state index is 13.2. The van der Waals surface area contributed by atoms with Crippen LogP contribution in [0.4, 0.5) is 5.69 Å². The molecule has 0 aliphatic carbocycles. The highest BCUT2D eigenvalue weighted by Gasteiger charge is 2.35. The van der Waals surface area contributed by atoms with E-state index in [-0.39, 0.29) is 5.57 Å². The second-order valence-electron chi connectivity index (χ2n) is 7.83. The van der Waals surface area contributed by atoms with Crippen LogP contribution < -0.4 is 15.2 Å². The molecule has 6 nitrogen and oxygen atoms in total. The fourth-order valence-corrected chi connectivity index (χ4v) is 4.05. The highest BCUT2D eigenvalue weighted by Crippen LogP contribution is 2.31. The second kappa shape index (κ2) is 8.31. The van der Waals surface area contributed by atoms with Gasteiger partial charge in [-0.25, -0.2) is 5.01 Å². The Bertz CT molecular complexity index is 1390. The zero-order valence-electron chi connectivity index (χ0n) is 18.4. The van der Waals surface area contributed by atoms with Crippen LogP contribution in [0.15, 0.2) is 84.6 Å². The average Bonchev–Trinajstić information content (AvgIpc) is 3.36. The van der Waals surface area contributed by atoms with Gasteiger partial charge in [0.15, 0.2) is 0 Å². The third-order valence-electron chi connectivity index (χ3n) is 5.87. The van der Waals surface area contributed by atoms with Crippen molar-refractivity contribution in [2.45, 2.75) is 13.3 Å². The summed E-state index contributed by atoms with van der Waals surface area (Å²) < 4.78 is 7.23. The molecule has 0 bridgehead atoms. The SMILES string of the molecule is CCc1ccc2cc(-c3ccccc3)c(/C=C3\C(=O)NN(c4ccc(OC)cc4)C3=O)n2c1. The van der Waals surface area contributed by atoms with E-state index in [1.165, 1.54) is 10.6 Å². The standard InChI is InChI=1S/C27H23N3O3/c1-3-18-9-10-21-15-23(19-7-5-4-6-8-19)25(29(21)17-18)16-24-26(31)28-30(27(24)32)20-11-13-22(33-2)14-12-20/h4-17H,3H2,1-2H3,(H,28,31)/b24-16+. The van der Waals surface area contributed by atoms with Gasteiger partial charge in [-0.15, -0.1) is 0 Å². The number of anilines is 1. The molecular formula is C27H23N3O3. The lowest BCUT2D eigenvalue weighted by Crippen LogP contribution is -2.35. The minimum atomic E-state index is -0.434. The van der Waals surface area contributed by atoms with Gasteiger partial charge in [-0.05, 0) is 60.0 Å². The molecule has 1 fully saturated rings. The molecule has 0 saturated carbocycles. The molecule has 0 spiro atoms. The molecule has 1 aliphatic rings. The zero-order chi connectivity index (χ0) is 22.9. The fourth-order valence-electron chi connectivity index (χ4n) is 4.05. The number of methoxy groups -OCH3 is 1. The smallest absolute Gasteiger partial charge is 0.282 e. The number of carbonyl (C=O) groups excluding carboxylic acids is 2. The number of hydrazine groups is 1. The van der Waals surface area contributed by atoms with Crippen molar-refractivity contribution >= 4 is 29.1 Å². The van der Waals surface area contributed by atoms with Crippen molar-refractivity contribution in [1.29, 1.82) is 0 Å². The zero-order valence-corrected chi connectivity index (χ0v) is 18.4. The summed E-state index contributed by atoms with van der Waals surface area (Å²) in [7, 11) is 1.58. The Morgan fingerprint density at radius 2 is 1.73 bits per heavy atom. The van der Waals surface area contributed by atoms with Crippen molar-refractivity contribution < 1.29 is 14.3 Å². The summed E-state index contributed by atoms with van der Waals surface area (Å²) in [5.41, 5.74) is 8.26. The third-order valence-corrected chi connectivity index (χ3v) is 5.87. The average molecular weight is 437 g/mol. The maximum atomic E-state index is 13.2. The van der Waals surface area contributed by atoms with Gasteiger partial charge in [0.1, 0.15) is 11.3 Å². The molecule has 5 rings (SSSR count). The molecule has 164 valence electrons. The number of nitrogens with one attached hydrogen (secondary N) is 1. The number of pyridine rings is 1. The third kappa shape index (κ3) is 3.65. The number of ether oxygens (including phenoxy) is 1. The summed E-state index contributed by atoms with van der Waals surface area (Å²) in [6.07, 6.45) is 4.64. The number of carbonyl (C=O) groups is 2. The molecule has 0 radical (unpaired) electrons. The molecule has 2 aromatic heterocycles. The van der Waals surface area contributed by atoms with Gasteiger partial charge in [0, 0.05) is 17.3 Å². The van der Waals surface area contributed by atoms with E-state index in [9.17, 15) is 9.59 Å². The molecule has 0 unspecified atom stereocenters. The molecular weight excluding hydrogens is 414 g/mol. The van der Waals surface area contributed by atoms with Crippen molar-refractivity contribution in [2.75, 3.05) is 12.1 Å². The van der Waals surface area contributed by atoms with Crippen LogP contribution in [0.25, 0.3) is 22.7 Å². The lowest BCUT2D eigenvalue weighted by molar-refractivity contribution is -0.117. The molecule has 0 atom stereocenters. The first-order valence-electron chi connectivity index (χ1n) is 10.8. The summed E-state index contributed by atoms with van der Waals surface area (Å²) in [4.78, 5) is 26.1. The van der Waals surface area contributed by atoms with E-state index in [4.69, 9.17) is 4.74 Å². The Kier molecular flexibility index (Phi) is 5.18. The maximum Gasteiger partial charge on any atom is 0.282 e. The predicted octanol–water partition coefficient (Wildman–Crippen LogP) is 4.64. The Balaban J connectivity index is 1.63. The van der Waals surface area contributed by atoms with Crippen LogP contribution in [0, 0.1) is 0 Å². The highest BCUT2D eigenvalue weighted by molar-refractivity contribution is 6.31. The van der Waals surface area contributed by atoms with Gasteiger partial charge < -0.3 is 9.14 Å². The van der Waals surface area contributed by atoms with Crippen LogP contribution in [-0.4, -0.2) is 23.3 Å². The first kappa shape index (κ1) is 20.6. The quantitative estimate of drug-likeness (QED) is 0.366. The first-order valence-corrected chi connectivity index (χ1v) is 10.8. The van der Waals surface area contributed by atoms with E-state index in [0.29, 0.717) is 11.4 Å². The van der Waals surface area contributed by atoms with Crippen LogP contribution in [0.2, 0.25) is 0 Å². The Hall–Kier alpha value is -4.32. The summed E-state index contributed by atoms with van der Waals surface area (Å²) in [5, 5.41) is 1.27. The van der Waals surface area contributed by atoms with Crippen LogP contribution in [0.5, 0.6) is 5.75 Å². The molecule has 33 heavy (non-hydrogen) atoms. The van der Waals surface area contributed by atoms with Gasteiger partial charge in [-0.2, -0.15) is 0 Å². The number of hydrogen-bond donors (Lipinski definition) is 1. The highest BCUT2D eigenvalue weighted by atomic mass is 16.5. The monoisotopic (exact) mass is 437 g/mol. The lowest BCUT2D eigenvalue weighted by Gasteiger charge is -2.14. The van der Waals surface area contributed by atoms with Crippen LogP contribution in [0.3, 0.4) is 0 Å². The number of rotatable bonds is 5. The van der Waals surface area contributed by atoms with E-state index in [2.05, 4.69) is 36.7 Å². The summed E-state index contributed by atoms with van der Waals surface area (Å²) in [6.45, 7) is 2.10. The molecule has 6 heteroatoms. The summed E-state index contributed by atoms with van der Waals surface area (Å²) in [6, 6.07) is 23.2. The largest absolute Gasteiger partial charge is 0.497 e. The predicted molar refractivity (Wildman–Crippen MR) is 129 cm³/mol. The van der Waals surface area contributed by atoms with Crippen molar-refractivity contribution in [1.82, 2.24) is 9.83 Å². The van der Waals surface area contributed by atoms with Gasteiger partial charge in [-0.1, -0.05) is 43.3 Å². The van der Waals surface area contributed by atoms with E-state index in [1.807, 2.05) is 34.7 Å². The van der Waals surface area contributed by atoms with Gasteiger partial charge in [0.05, 0.1) is 18.5 Å². The number of benzene rings is 2. The Morgan fingerprint density at radius 1 is 0.970 bits per heavy atom. The number of aryl methyl sites for hydroxylation is 1. The van der Waals surface area contributed by atoms with Crippen molar-refractivity contribution in [3.8, 4) is 16.9 Å². The summed E-state index contributed by atoms with van der Waals surface area (Å²) >= 11 is 0. The van der Waals surface area contributed by atoms with Gasteiger partial charge in [0.2, 0.25) is 0 Å². The molecule has 4 aromatic rings. The number of aromatic nitrogens is 1. The van der Waals surface area contributed by atoms with E-state index < -0.39 is 11.8 Å². The Morgan fingerprint density at radius 3 is 2.42 bits per heavy atom. The van der Waals surface area contributed by atoms with Gasteiger partial charge in [-0.3, -0.25) is 15.0 Å². The molecule has 1 saturated heterocycles. The minimum absolute atomic E-state index is 0.0879. The number of nitrogens with zero attached hydrogens (tertiary/aromatic N) is 2. The number of fused-ring (bicyclic) bond motifs is 1. The number of amides is 2. The van der Waals surface area contributed by atoms with E-state index in [1.54, 1.807) is 37.5 Å². The molecule has 2 amide bonds. The van der Waals surface area contributed by atoms with Crippen molar-refractivity contribution in [3.05, 3.63) is 95.8 Å². The van der Waals surface area contributed by atoms with Crippen LogP contribution >= 0.6 is 0 Å². The topological polar surface area (TPSA) is 63.1 Å². The second-order valence-corrected chi connectivity index (χ2v) is 7.83. The van der Waals surface area contributed by atoms with Gasteiger partial charge in [0.25, 0.3) is 11.8 Å². The van der Waals surface area contributed by atoms with Crippen LogP contribution in [0.1, 0.15) is 18.2 Å². The molecule has 1 N–H and O–H groups in total. The Labute approximate surface area is 191 Å². The fraction of sp³-hybridized carbons (Fsp3) is 0.111. The van der Waals surface area contributed by atoms with Gasteiger partial charge >= 0.3 is 0 Å². The number of hydrogen-bond acceptors (Lipinski definition) is 3. The molecule has 3 heterocycles. The lowest BCUT2D eigenvalue weighted by atomic mass is 10.0. The molecule has 1 aliphatic heterocycles. The van der Waals surface area contributed by atoms with Crippen molar-refractivity contribution in [3.63, 3.8) is 0 Å². The molecule has 2 aromatic carbocycles. The van der Waals surface area contributed by atoms with Crippen molar-refractivity contribution in [2.24, 2.45) is 0 Å². The normalized spacial score (nSPS) is 14.8. The van der Waals surface area contributed by atoms with Crippen LogP contribution in [-0.2, 0) is 16.0 Å². The van der Waals surface area contributed by atoms with E-state index in [0.717, 1.165) is 28.8 Å². The first-order chi connectivity index (χ1) is 16.1. The van der Waals surface area contributed by atoms with E-state index >= 15 is 0 Å². The minimum Gasteiger partial charge on any atom is -0.497 e. The summed E-state index contributed by atoms with van der Waals surface area (Å²) in [5.74, 6) is -0.159.